The van der Waals surface area contributed by atoms with Crippen molar-refractivity contribution in [2.45, 2.75) is 32.7 Å². The number of carbonyl (C=O) groups excluding carboxylic acids is 2. The summed E-state index contributed by atoms with van der Waals surface area (Å²) >= 11 is 0. The molecule has 1 heterocycles. The van der Waals surface area contributed by atoms with Crippen LogP contribution in [0.1, 0.15) is 30.9 Å². The number of hydrogen-bond acceptors (Lipinski definition) is 4. The molecule has 0 atom stereocenters. The summed E-state index contributed by atoms with van der Waals surface area (Å²) in [5, 5.41) is 2.71. The molecule has 1 aliphatic rings. The topological polar surface area (TPSA) is 61.9 Å². The molecular formula is C24H32ClN3O3. The molecule has 0 spiro atoms. The van der Waals surface area contributed by atoms with E-state index in [4.69, 9.17) is 4.74 Å². The summed E-state index contributed by atoms with van der Waals surface area (Å²) in [5.41, 5.74) is 2.23. The minimum absolute atomic E-state index is 0. The molecule has 0 unspecified atom stereocenters. The molecule has 1 fully saturated rings. The number of nitrogens with one attached hydrogen (secondary N) is 1. The van der Waals surface area contributed by atoms with E-state index in [1.165, 1.54) is 5.56 Å². The highest BCUT2D eigenvalue weighted by molar-refractivity contribution is 5.85. The van der Waals surface area contributed by atoms with Crippen molar-refractivity contribution in [3.8, 4) is 5.75 Å². The lowest BCUT2D eigenvalue weighted by Gasteiger charge is -2.34. The van der Waals surface area contributed by atoms with Crippen LogP contribution in [-0.2, 0) is 17.8 Å². The molecule has 0 saturated carbocycles. The number of piperazine rings is 1. The SMILES string of the molecule is CCCCNC(=O)Oc1ccc(CC(=O)N2CCN(Cc3ccccc3)CC2)cc1.Cl. The van der Waals surface area contributed by atoms with Gasteiger partial charge in [0.1, 0.15) is 5.75 Å². The predicted molar refractivity (Wildman–Crippen MR) is 125 cm³/mol. The highest BCUT2D eigenvalue weighted by atomic mass is 35.5. The predicted octanol–water partition coefficient (Wildman–Crippen LogP) is 3.88. The van der Waals surface area contributed by atoms with Crippen LogP contribution in [0.15, 0.2) is 54.6 Å². The number of unbranched alkanes of at least 4 members (excludes halogenated alkanes) is 1. The molecule has 0 aliphatic carbocycles. The number of nitrogens with zero attached hydrogens (tertiary/aromatic N) is 2. The third-order valence-electron chi connectivity index (χ3n) is 5.26. The lowest BCUT2D eigenvalue weighted by molar-refractivity contribution is -0.132. The largest absolute Gasteiger partial charge is 0.412 e. The van der Waals surface area contributed by atoms with Gasteiger partial charge in [0, 0.05) is 39.3 Å². The number of amides is 2. The highest BCUT2D eigenvalue weighted by Gasteiger charge is 2.21. The molecule has 31 heavy (non-hydrogen) atoms. The second-order valence-electron chi connectivity index (χ2n) is 7.63. The summed E-state index contributed by atoms with van der Waals surface area (Å²) in [6.45, 7) is 6.89. The molecule has 6 nitrogen and oxygen atoms in total. The van der Waals surface area contributed by atoms with Gasteiger partial charge in [-0.3, -0.25) is 9.69 Å². The van der Waals surface area contributed by atoms with Gasteiger partial charge in [-0.05, 0) is 29.7 Å². The average molecular weight is 446 g/mol. The second kappa shape index (κ2) is 13.0. The fourth-order valence-electron chi connectivity index (χ4n) is 3.47. The zero-order valence-corrected chi connectivity index (χ0v) is 18.9. The Morgan fingerprint density at radius 2 is 1.61 bits per heavy atom. The van der Waals surface area contributed by atoms with Gasteiger partial charge in [-0.15, -0.1) is 12.4 Å². The zero-order valence-electron chi connectivity index (χ0n) is 18.1. The van der Waals surface area contributed by atoms with Crippen LogP contribution in [0, 0.1) is 0 Å². The van der Waals surface area contributed by atoms with E-state index >= 15 is 0 Å². The molecule has 0 radical (unpaired) electrons. The van der Waals surface area contributed by atoms with Crippen molar-refractivity contribution in [2.24, 2.45) is 0 Å². The van der Waals surface area contributed by atoms with E-state index in [1.54, 1.807) is 12.1 Å². The number of rotatable bonds is 8. The first kappa shape index (κ1) is 24.7. The molecule has 1 saturated heterocycles. The maximum absolute atomic E-state index is 12.7. The summed E-state index contributed by atoms with van der Waals surface area (Å²) in [6, 6.07) is 17.6. The Kier molecular flexibility index (Phi) is 10.3. The summed E-state index contributed by atoms with van der Waals surface area (Å²) in [4.78, 5) is 28.7. The van der Waals surface area contributed by atoms with Crippen molar-refractivity contribution >= 4 is 24.4 Å². The van der Waals surface area contributed by atoms with Crippen LogP contribution in [0.2, 0.25) is 0 Å². The molecular weight excluding hydrogens is 414 g/mol. The first-order chi connectivity index (χ1) is 14.6. The van der Waals surface area contributed by atoms with Crippen molar-refractivity contribution in [3.63, 3.8) is 0 Å². The van der Waals surface area contributed by atoms with E-state index in [-0.39, 0.29) is 18.3 Å². The third kappa shape index (κ3) is 8.23. The van der Waals surface area contributed by atoms with E-state index in [1.807, 2.05) is 23.1 Å². The number of hydrogen-bond donors (Lipinski definition) is 1. The molecule has 2 aromatic rings. The van der Waals surface area contributed by atoms with Gasteiger partial charge in [0.2, 0.25) is 5.91 Å². The van der Waals surface area contributed by atoms with E-state index in [2.05, 4.69) is 41.4 Å². The van der Waals surface area contributed by atoms with E-state index in [0.29, 0.717) is 18.7 Å². The minimum atomic E-state index is -0.444. The van der Waals surface area contributed by atoms with Gasteiger partial charge < -0.3 is 15.0 Å². The molecule has 0 aromatic heterocycles. The Labute approximate surface area is 191 Å². The van der Waals surface area contributed by atoms with Gasteiger partial charge in [-0.1, -0.05) is 55.8 Å². The number of ether oxygens (including phenoxy) is 1. The van der Waals surface area contributed by atoms with Gasteiger partial charge in [0.15, 0.2) is 0 Å². The van der Waals surface area contributed by atoms with Gasteiger partial charge in [0.05, 0.1) is 6.42 Å². The first-order valence-corrected chi connectivity index (χ1v) is 10.7. The monoisotopic (exact) mass is 445 g/mol. The normalized spacial score (nSPS) is 13.9. The van der Waals surface area contributed by atoms with Gasteiger partial charge in [-0.25, -0.2) is 4.79 Å². The van der Waals surface area contributed by atoms with Crippen molar-refractivity contribution in [1.82, 2.24) is 15.1 Å². The summed E-state index contributed by atoms with van der Waals surface area (Å²) < 4.78 is 5.25. The molecule has 1 aliphatic heterocycles. The summed E-state index contributed by atoms with van der Waals surface area (Å²) in [5.74, 6) is 0.620. The minimum Gasteiger partial charge on any atom is -0.410 e. The molecule has 7 heteroatoms. The Bertz CT molecular complexity index is 807. The summed E-state index contributed by atoms with van der Waals surface area (Å²) in [6.07, 6.45) is 1.87. The number of carbonyl (C=O) groups is 2. The summed E-state index contributed by atoms with van der Waals surface area (Å²) in [7, 11) is 0. The smallest absolute Gasteiger partial charge is 0.410 e. The van der Waals surface area contributed by atoms with Crippen molar-refractivity contribution in [2.75, 3.05) is 32.7 Å². The Balaban J connectivity index is 0.00000341. The third-order valence-corrected chi connectivity index (χ3v) is 5.26. The van der Waals surface area contributed by atoms with Gasteiger partial charge in [-0.2, -0.15) is 0 Å². The lowest BCUT2D eigenvalue weighted by atomic mass is 10.1. The van der Waals surface area contributed by atoms with Crippen molar-refractivity contribution in [3.05, 3.63) is 65.7 Å². The van der Waals surface area contributed by atoms with Gasteiger partial charge >= 0.3 is 6.09 Å². The standard InChI is InChI=1S/C24H31N3O3.ClH/c1-2-3-13-25-24(29)30-22-11-9-20(10-12-22)18-23(28)27-16-14-26(15-17-27)19-21-7-5-4-6-8-21;/h4-12H,2-3,13-19H2,1H3,(H,25,29);1H. The van der Waals surface area contributed by atoms with E-state index < -0.39 is 6.09 Å². The van der Waals surface area contributed by atoms with Crippen LogP contribution in [0.3, 0.4) is 0 Å². The van der Waals surface area contributed by atoms with E-state index in [0.717, 1.165) is 51.1 Å². The lowest BCUT2D eigenvalue weighted by Crippen LogP contribution is -2.48. The van der Waals surface area contributed by atoms with Crippen LogP contribution in [0.4, 0.5) is 4.79 Å². The molecule has 2 aromatic carbocycles. The molecule has 168 valence electrons. The van der Waals surface area contributed by atoms with Crippen LogP contribution in [0.25, 0.3) is 0 Å². The molecule has 2 amide bonds. The van der Waals surface area contributed by atoms with E-state index in [9.17, 15) is 9.59 Å². The Morgan fingerprint density at radius 1 is 0.935 bits per heavy atom. The molecule has 3 rings (SSSR count). The quantitative estimate of drug-likeness (QED) is 0.626. The fourth-order valence-corrected chi connectivity index (χ4v) is 3.47. The van der Waals surface area contributed by atoms with Crippen LogP contribution in [0.5, 0.6) is 5.75 Å². The fraction of sp³-hybridized carbons (Fsp3) is 0.417. The van der Waals surface area contributed by atoms with Crippen molar-refractivity contribution in [1.29, 1.82) is 0 Å². The van der Waals surface area contributed by atoms with Crippen molar-refractivity contribution < 1.29 is 14.3 Å². The zero-order chi connectivity index (χ0) is 21.2. The highest BCUT2D eigenvalue weighted by Crippen LogP contribution is 2.15. The maximum atomic E-state index is 12.7. The first-order valence-electron chi connectivity index (χ1n) is 10.7. The second-order valence-corrected chi connectivity index (χ2v) is 7.63. The van der Waals surface area contributed by atoms with Crippen LogP contribution in [-0.4, -0.2) is 54.5 Å². The maximum Gasteiger partial charge on any atom is 0.412 e. The van der Waals surface area contributed by atoms with Crippen LogP contribution >= 0.6 is 12.4 Å². The Morgan fingerprint density at radius 3 is 2.26 bits per heavy atom. The van der Waals surface area contributed by atoms with Gasteiger partial charge in [0.25, 0.3) is 0 Å². The average Bonchev–Trinajstić information content (AvgIpc) is 2.76. The van der Waals surface area contributed by atoms with Crippen LogP contribution < -0.4 is 10.1 Å². The number of halogens is 1. The molecule has 1 N–H and O–H groups in total. The Hall–Kier alpha value is -2.57. The number of benzene rings is 2. The molecule has 0 bridgehead atoms.